The Bertz CT molecular complexity index is 2360. The topological polar surface area (TPSA) is 237 Å². The standard InChI is InChI=1S/C43H46N8O6/c1-25(48-42(56)37(21-28-23-46-34-13-7-5-11-31(28)34)51-41(55)33(44)19-27-15-17-30(52)18-16-27)40(54)50-38(22-29-24-47-35-14-8-6-12-32(29)35)43(57)49-36(39(45)53)20-26-9-3-2-4-10-26/h2-18,23-25,33,36-38,46-47,52H,19-22,44H2,1H3,(H2,45,53)(H,48,56)(H,49,57)(H,50,54)(H,51,55)/t25-,33+,36-,37-,38+/m0/s1. The zero-order chi connectivity index (χ0) is 40.5. The Morgan fingerprint density at radius 1 is 0.561 bits per heavy atom. The zero-order valence-electron chi connectivity index (χ0n) is 31.3. The van der Waals surface area contributed by atoms with Gasteiger partial charge < -0.3 is 47.8 Å². The number of phenolic OH excluding ortho intramolecular Hbond substituents is 1. The van der Waals surface area contributed by atoms with Crippen LogP contribution in [0.25, 0.3) is 21.8 Å². The number of aromatic amines is 2. The number of fused-ring (bicyclic) bond motifs is 2. The number of aromatic hydroxyl groups is 1. The Labute approximate surface area is 328 Å². The highest BCUT2D eigenvalue weighted by Gasteiger charge is 2.31. The van der Waals surface area contributed by atoms with Gasteiger partial charge in [0.2, 0.25) is 29.5 Å². The van der Waals surface area contributed by atoms with Gasteiger partial charge >= 0.3 is 0 Å². The van der Waals surface area contributed by atoms with Gasteiger partial charge in [-0.15, -0.1) is 0 Å². The number of hydrogen-bond acceptors (Lipinski definition) is 7. The van der Waals surface area contributed by atoms with E-state index in [4.69, 9.17) is 11.5 Å². The Balaban J connectivity index is 1.19. The second kappa shape index (κ2) is 18.1. The van der Waals surface area contributed by atoms with Gasteiger partial charge in [0.15, 0.2) is 0 Å². The van der Waals surface area contributed by atoms with Crippen LogP contribution < -0.4 is 32.7 Å². The van der Waals surface area contributed by atoms with E-state index in [9.17, 15) is 29.1 Å². The Morgan fingerprint density at radius 2 is 1.04 bits per heavy atom. The lowest BCUT2D eigenvalue weighted by atomic mass is 10.0. The van der Waals surface area contributed by atoms with Crippen molar-refractivity contribution in [2.75, 3.05) is 0 Å². The Kier molecular flexibility index (Phi) is 12.6. The average Bonchev–Trinajstić information content (AvgIpc) is 3.82. The van der Waals surface area contributed by atoms with Crippen LogP contribution in [0.4, 0.5) is 0 Å². The first-order chi connectivity index (χ1) is 27.4. The minimum absolute atomic E-state index is 0.0528. The highest BCUT2D eigenvalue weighted by Crippen LogP contribution is 2.21. The largest absolute Gasteiger partial charge is 0.508 e. The molecule has 2 aromatic heterocycles. The maximum atomic E-state index is 14.0. The molecule has 4 aromatic carbocycles. The van der Waals surface area contributed by atoms with Crippen molar-refractivity contribution in [2.24, 2.45) is 11.5 Å². The summed E-state index contributed by atoms with van der Waals surface area (Å²) in [6, 6.07) is 24.9. The monoisotopic (exact) mass is 770 g/mol. The molecule has 11 N–H and O–H groups in total. The molecule has 5 atom stereocenters. The number of H-pyrrole nitrogens is 2. The van der Waals surface area contributed by atoms with Crippen molar-refractivity contribution in [1.29, 1.82) is 0 Å². The molecule has 5 amide bonds. The third-order valence-electron chi connectivity index (χ3n) is 9.89. The van der Waals surface area contributed by atoms with Crippen LogP contribution in [0.15, 0.2) is 116 Å². The van der Waals surface area contributed by atoms with Gasteiger partial charge in [-0.3, -0.25) is 24.0 Å². The summed E-state index contributed by atoms with van der Waals surface area (Å²) in [5, 5.41) is 22.3. The number of primary amides is 1. The summed E-state index contributed by atoms with van der Waals surface area (Å²) in [6.45, 7) is 1.47. The predicted molar refractivity (Wildman–Crippen MR) is 217 cm³/mol. The molecule has 0 aliphatic carbocycles. The first-order valence-corrected chi connectivity index (χ1v) is 18.6. The number of nitrogens with one attached hydrogen (secondary N) is 6. The maximum Gasteiger partial charge on any atom is 0.243 e. The van der Waals surface area contributed by atoms with Crippen LogP contribution in [0.5, 0.6) is 5.75 Å². The number of carbonyl (C=O) groups is 5. The van der Waals surface area contributed by atoms with Gasteiger partial charge in [0.1, 0.15) is 29.9 Å². The van der Waals surface area contributed by atoms with Crippen LogP contribution in [0.1, 0.15) is 29.2 Å². The Hall–Kier alpha value is -6.93. The molecule has 0 saturated heterocycles. The van der Waals surface area contributed by atoms with Crippen molar-refractivity contribution in [3.05, 3.63) is 138 Å². The van der Waals surface area contributed by atoms with Gasteiger partial charge in [0, 0.05) is 53.5 Å². The first-order valence-electron chi connectivity index (χ1n) is 18.6. The molecule has 0 unspecified atom stereocenters. The summed E-state index contributed by atoms with van der Waals surface area (Å²) in [7, 11) is 0. The Morgan fingerprint density at radius 3 is 1.60 bits per heavy atom. The lowest BCUT2D eigenvalue weighted by Gasteiger charge is -2.25. The number of carbonyl (C=O) groups excluding carboxylic acids is 5. The highest BCUT2D eigenvalue weighted by atomic mass is 16.3. The molecule has 6 aromatic rings. The lowest BCUT2D eigenvalue weighted by Crippen LogP contribution is -2.59. The van der Waals surface area contributed by atoms with Crippen LogP contribution in [0.2, 0.25) is 0 Å². The van der Waals surface area contributed by atoms with Crippen molar-refractivity contribution in [1.82, 2.24) is 31.2 Å². The second-order valence-corrected chi connectivity index (χ2v) is 14.1. The van der Waals surface area contributed by atoms with Crippen molar-refractivity contribution in [3.8, 4) is 5.75 Å². The number of phenols is 1. The summed E-state index contributed by atoms with van der Waals surface area (Å²) in [5.41, 5.74) is 16.7. The molecule has 2 heterocycles. The number of hydrogen-bond donors (Lipinski definition) is 9. The molecule has 0 bridgehead atoms. The van der Waals surface area contributed by atoms with E-state index in [2.05, 4.69) is 31.2 Å². The maximum absolute atomic E-state index is 14.0. The van der Waals surface area contributed by atoms with Crippen LogP contribution in [-0.2, 0) is 49.7 Å². The van der Waals surface area contributed by atoms with E-state index in [1.807, 2.05) is 78.9 Å². The zero-order valence-corrected chi connectivity index (χ0v) is 31.3. The van der Waals surface area contributed by atoms with Crippen molar-refractivity contribution in [3.63, 3.8) is 0 Å². The van der Waals surface area contributed by atoms with Crippen LogP contribution in [0.3, 0.4) is 0 Å². The predicted octanol–water partition coefficient (Wildman–Crippen LogP) is 2.40. The SMILES string of the molecule is C[C@H](NC(=O)[C@H](Cc1c[nH]c2ccccc12)NC(=O)[C@H](N)Cc1ccc(O)cc1)C(=O)N[C@H](Cc1c[nH]c2ccccc12)C(=O)N[C@@H](Cc1ccccc1)C(N)=O. The van der Waals surface area contributed by atoms with E-state index < -0.39 is 59.7 Å². The first kappa shape index (κ1) is 39.8. The second-order valence-electron chi connectivity index (χ2n) is 14.1. The number of aromatic nitrogens is 2. The number of rotatable bonds is 17. The van der Waals surface area contributed by atoms with Crippen LogP contribution in [0, 0.1) is 0 Å². The molecule has 294 valence electrons. The minimum atomic E-state index is -1.17. The van der Waals surface area contributed by atoms with Crippen molar-refractivity contribution >= 4 is 51.3 Å². The van der Waals surface area contributed by atoms with E-state index in [1.165, 1.54) is 19.1 Å². The van der Waals surface area contributed by atoms with Crippen LogP contribution >= 0.6 is 0 Å². The minimum Gasteiger partial charge on any atom is -0.508 e. The molecular formula is C43H46N8O6. The van der Waals surface area contributed by atoms with Crippen molar-refractivity contribution in [2.45, 2.75) is 62.8 Å². The van der Waals surface area contributed by atoms with E-state index in [1.54, 1.807) is 24.5 Å². The van der Waals surface area contributed by atoms with Crippen molar-refractivity contribution < 1.29 is 29.1 Å². The van der Waals surface area contributed by atoms with Crippen LogP contribution in [-0.4, -0.2) is 74.8 Å². The molecule has 6 rings (SSSR count). The fourth-order valence-corrected chi connectivity index (χ4v) is 6.74. The van der Waals surface area contributed by atoms with E-state index >= 15 is 0 Å². The smallest absolute Gasteiger partial charge is 0.243 e. The molecule has 0 spiro atoms. The van der Waals surface area contributed by atoms with Gasteiger partial charge in [0.05, 0.1) is 6.04 Å². The molecular weight excluding hydrogens is 725 g/mol. The third-order valence-corrected chi connectivity index (χ3v) is 9.89. The number of para-hydroxylation sites is 2. The van der Waals surface area contributed by atoms with Gasteiger partial charge in [-0.1, -0.05) is 78.9 Å². The molecule has 14 heteroatoms. The van der Waals surface area contributed by atoms with E-state index in [0.29, 0.717) is 5.56 Å². The fraction of sp³-hybridized carbons (Fsp3) is 0.233. The number of amides is 5. The molecule has 57 heavy (non-hydrogen) atoms. The molecule has 0 saturated carbocycles. The highest BCUT2D eigenvalue weighted by molar-refractivity contribution is 5.96. The lowest BCUT2D eigenvalue weighted by molar-refractivity contribution is -0.134. The van der Waals surface area contributed by atoms with Gasteiger partial charge in [0.25, 0.3) is 0 Å². The molecule has 0 fully saturated rings. The van der Waals surface area contributed by atoms with E-state index in [-0.39, 0.29) is 31.4 Å². The summed E-state index contributed by atoms with van der Waals surface area (Å²) in [5.74, 6) is -3.22. The van der Waals surface area contributed by atoms with Gasteiger partial charge in [-0.25, -0.2) is 0 Å². The fourth-order valence-electron chi connectivity index (χ4n) is 6.74. The summed E-state index contributed by atoms with van der Waals surface area (Å²) in [4.78, 5) is 74.0. The quantitative estimate of drug-likeness (QED) is 0.0671. The average molecular weight is 771 g/mol. The van der Waals surface area contributed by atoms with Gasteiger partial charge in [-0.2, -0.15) is 0 Å². The summed E-state index contributed by atoms with van der Waals surface area (Å²) >= 11 is 0. The summed E-state index contributed by atoms with van der Waals surface area (Å²) in [6.07, 6.45) is 3.93. The number of benzene rings is 4. The molecule has 0 radical (unpaired) electrons. The van der Waals surface area contributed by atoms with E-state index in [0.717, 1.165) is 38.5 Å². The molecule has 14 nitrogen and oxygen atoms in total. The van der Waals surface area contributed by atoms with Gasteiger partial charge in [-0.05, 0) is 59.9 Å². The molecule has 0 aliphatic heterocycles. The molecule has 0 aliphatic rings. The normalized spacial score (nSPS) is 13.9. The number of nitrogens with two attached hydrogens (primary N) is 2. The summed E-state index contributed by atoms with van der Waals surface area (Å²) < 4.78 is 0. The third kappa shape index (κ3) is 10.2.